The third-order valence-electron chi connectivity index (χ3n) is 5.36. The van der Waals surface area contributed by atoms with Crippen molar-refractivity contribution in [3.63, 3.8) is 0 Å². The summed E-state index contributed by atoms with van der Waals surface area (Å²) >= 11 is 12.2. The van der Waals surface area contributed by atoms with Crippen LogP contribution in [0.5, 0.6) is 11.5 Å². The van der Waals surface area contributed by atoms with Crippen molar-refractivity contribution in [1.29, 1.82) is 0 Å². The van der Waals surface area contributed by atoms with E-state index in [0.717, 1.165) is 27.9 Å². The van der Waals surface area contributed by atoms with E-state index in [-0.39, 0.29) is 13.2 Å². The highest BCUT2D eigenvalue weighted by Gasteiger charge is 2.16. The van der Waals surface area contributed by atoms with Gasteiger partial charge in [-0.2, -0.15) is 0 Å². The highest BCUT2D eigenvalue weighted by Crippen LogP contribution is 2.28. The van der Waals surface area contributed by atoms with Crippen molar-refractivity contribution < 1.29 is 14.6 Å². The summed E-state index contributed by atoms with van der Waals surface area (Å²) in [5, 5.41) is 11.7. The number of nitrogens with zero attached hydrogens (tertiary/aromatic N) is 2. The lowest BCUT2D eigenvalue weighted by Crippen LogP contribution is -2.25. The number of fused-ring (bicyclic) bond motifs is 1. The fraction of sp³-hybridized carbons (Fsp3) is 0.240. The zero-order chi connectivity index (χ0) is 22.7. The number of hydrogen-bond donors (Lipinski definition) is 1. The Morgan fingerprint density at radius 1 is 0.969 bits per heavy atom. The van der Waals surface area contributed by atoms with Crippen LogP contribution in [0.25, 0.3) is 11.0 Å². The van der Waals surface area contributed by atoms with Gasteiger partial charge in [-0.05, 0) is 61.4 Å². The van der Waals surface area contributed by atoms with Crippen LogP contribution in [0, 0.1) is 13.8 Å². The molecule has 3 aromatic carbocycles. The van der Waals surface area contributed by atoms with Gasteiger partial charge in [0.05, 0.1) is 22.6 Å². The van der Waals surface area contributed by atoms with Crippen molar-refractivity contribution in [3.8, 4) is 11.5 Å². The lowest BCUT2D eigenvalue weighted by molar-refractivity contribution is 0.0914. The first-order chi connectivity index (χ1) is 15.4. The molecule has 0 aliphatic carbocycles. The van der Waals surface area contributed by atoms with Gasteiger partial charge in [0, 0.05) is 5.02 Å². The van der Waals surface area contributed by atoms with Gasteiger partial charge in [-0.25, -0.2) is 4.98 Å². The molecule has 0 spiro atoms. The Labute approximate surface area is 197 Å². The number of aryl methyl sites for hydroxylation is 1. The van der Waals surface area contributed by atoms with E-state index in [9.17, 15) is 5.11 Å². The molecule has 4 aromatic rings. The largest absolute Gasteiger partial charge is 0.491 e. The van der Waals surface area contributed by atoms with Gasteiger partial charge in [0.25, 0.3) is 0 Å². The number of benzene rings is 3. The number of ether oxygens (including phenoxy) is 2. The molecule has 4 rings (SSSR count). The Bertz CT molecular complexity index is 1240. The van der Waals surface area contributed by atoms with E-state index >= 15 is 0 Å². The molecule has 32 heavy (non-hydrogen) atoms. The number of hydrogen-bond acceptors (Lipinski definition) is 4. The number of aliphatic hydroxyl groups is 1. The number of imidazole rings is 1. The molecule has 0 saturated carbocycles. The van der Waals surface area contributed by atoms with E-state index in [1.807, 2.05) is 60.9 Å². The fourth-order valence-electron chi connectivity index (χ4n) is 3.50. The van der Waals surface area contributed by atoms with Crippen LogP contribution in [0.15, 0.2) is 60.7 Å². The molecule has 0 saturated heterocycles. The quantitative estimate of drug-likeness (QED) is 0.344. The SMILES string of the molecule is Cc1cccc(OCC(O)Cn2c(COc3ccc(Cl)cc3Cl)nc3ccccc32)c1C. The minimum absolute atomic E-state index is 0.167. The Kier molecular flexibility index (Phi) is 6.89. The van der Waals surface area contributed by atoms with Gasteiger partial charge in [0.1, 0.15) is 36.6 Å². The number of rotatable bonds is 8. The number of aliphatic hydroxyl groups excluding tert-OH is 1. The zero-order valence-electron chi connectivity index (χ0n) is 17.9. The summed E-state index contributed by atoms with van der Waals surface area (Å²) in [4.78, 5) is 4.69. The van der Waals surface area contributed by atoms with Crippen molar-refractivity contribution in [2.45, 2.75) is 33.1 Å². The summed E-state index contributed by atoms with van der Waals surface area (Å²) in [7, 11) is 0. The average Bonchev–Trinajstić information content (AvgIpc) is 3.11. The first-order valence-corrected chi connectivity index (χ1v) is 11.1. The fourth-order valence-corrected chi connectivity index (χ4v) is 3.97. The van der Waals surface area contributed by atoms with Crippen LogP contribution in [0.2, 0.25) is 10.0 Å². The molecular formula is C25H24Cl2N2O3. The van der Waals surface area contributed by atoms with Gasteiger partial charge in [0.15, 0.2) is 0 Å². The molecule has 1 unspecified atom stereocenters. The monoisotopic (exact) mass is 470 g/mol. The molecule has 0 amide bonds. The smallest absolute Gasteiger partial charge is 0.148 e. The molecule has 0 radical (unpaired) electrons. The summed E-state index contributed by atoms with van der Waals surface area (Å²) in [6, 6.07) is 18.8. The van der Waals surface area contributed by atoms with Crippen LogP contribution in [0.4, 0.5) is 0 Å². The topological polar surface area (TPSA) is 56.5 Å². The first kappa shape index (κ1) is 22.5. The molecule has 1 atom stereocenters. The third-order valence-corrected chi connectivity index (χ3v) is 5.89. The van der Waals surface area contributed by atoms with E-state index in [1.54, 1.807) is 18.2 Å². The predicted molar refractivity (Wildman–Crippen MR) is 128 cm³/mol. The molecule has 5 nitrogen and oxygen atoms in total. The zero-order valence-corrected chi connectivity index (χ0v) is 19.4. The van der Waals surface area contributed by atoms with E-state index in [2.05, 4.69) is 4.98 Å². The van der Waals surface area contributed by atoms with Crippen molar-refractivity contribution in [1.82, 2.24) is 9.55 Å². The van der Waals surface area contributed by atoms with Gasteiger partial charge >= 0.3 is 0 Å². The summed E-state index contributed by atoms with van der Waals surface area (Å²) in [5.74, 6) is 1.98. The maximum atomic E-state index is 10.7. The second-order valence-electron chi connectivity index (χ2n) is 7.65. The molecule has 7 heteroatoms. The minimum atomic E-state index is -0.731. The average molecular weight is 471 g/mol. The van der Waals surface area contributed by atoms with Crippen molar-refractivity contribution >= 4 is 34.2 Å². The van der Waals surface area contributed by atoms with Crippen molar-refractivity contribution in [2.75, 3.05) is 6.61 Å². The molecule has 0 bridgehead atoms. The Balaban J connectivity index is 1.51. The van der Waals surface area contributed by atoms with E-state index in [0.29, 0.717) is 28.2 Å². The Morgan fingerprint density at radius 3 is 2.59 bits per heavy atom. The van der Waals surface area contributed by atoms with Gasteiger partial charge in [0.2, 0.25) is 0 Å². The summed E-state index contributed by atoms with van der Waals surface area (Å²) in [6.07, 6.45) is -0.731. The molecule has 1 N–H and O–H groups in total. The first-order valence-electron chi connectivity index (χ1n) is 10.3. The summed E-state index contributed by atoms with van der Waals surface area (Å²) < 4.78 is 13.7. The van der Waals surface area contributed by atoms with Crippen LogP contribution in [0.1, 0.15) is 17.0 Å². The lowest BCUT2D eigenvalue weighted by atomic mass is 10.1. The van der Waals surface area contributed by atoms with Crippen molar-refractivity contribution in [2.24, 2.45) is 0 Å². The minimum Gasteiger partial charge on any atom is -0.491 e. The molecule has 1 aromatic heterocycles. The highest BCUT2D eigenvalue weighted by atomic mass is 35.5. The van der Waals surface area contributed by atoms with Crippen LogP contribution >= 0.6 is 23.2 Å². The van der Waals surface area contributed by atoms with E-state index in [4.69, 9.17) is 32.7 Å². The molecule has 0 aliphatic rings. The van der Waals surface area contributed by atoms with E-state index in [1.165, 1.54) is 0 Å². The second-order valence-corrected chi connectivity index (χ2v) is 8.50. The summed E-state index contributed by atoms with van der Waals surface area (Å²) in [6.45, 7) is 4.73. The molecule has 1 heterocycles. The molecule has 0 fully saturated rings. The van der Waals surface area contributed by atoms with Crippen LogP contribution < -0.4 is 9.47 Å². The summed E-state index contributed by atoms with van der Waals surface area (Å²) in [5.41, 5.74) is 3.97. The van der Waals surface area contributed by atoms with Crippen LogP contribution in [-0.4, -0.2) is 27.4 Å². The lowest BCUT2D eigenvalue weighted by Gasteiger charge is -2.17. The normalized spacial score (nSPS) is 12.2. The Morgan fingerprint density at radius 2 is 1.78 bits per heavy atom. The second kappa shape index (κ2) is 9.82. The van der Waals surface area contributed by atoms with Gasteiger partial charge in [-0.15, -0.1) is 0 Å². The molecular weight excluding hydrogens is 447 g/mol. The maximum Gasteiger partial charge on any atom is 0.148 e. The third kappa shape index (κ3) is 5.01. The predicted octanol–water partition coefficient (Wildman–Crippen LogP) is 5.98. The van der Waals surface area contributed by atoms with Crippen LogP contribution in [-0.2, 0) is 13.2 Å². The van der Waals surface area contributed by atoms with Gasteiger partial charge in [-0.1, -0.05) is 47.5 Å². The number of aromatic nitrogens is 2. The van der Waals surface area contributed by atoms with E-state index < -0.39 is 6.10 Å². The van der Waals surface area contributed by atoms with Crippen LogP contribution in [0.3, 0.4) is 0 Å². The van der Waals surface area contributed by atoms with Gasteiger partial charge < -0.3 is 19.1 Å². The maximum absolute atomic E-state index is 10.7. The number of halogens is 2. The molecule has 166 valence electrons. The number of para-hydroxylation sites is 2. The van der Waals surface area contributed by atoms with Crippen molar-refractivity contribution in [3.05, 3.63) is 87.7 Å². The van der Waals surface area contributed by atoms with Gasteiger partial charge in [-0.3, -0.25) is 0 Å². The standard InChI is InChI=1S/C25H24Cl2N2O3/c1-16-6-5-9-23(17(16)2)31-14-19(30)13-29-22-8-4-3-7-21(22)28-25(29)15-32-24-11-10-18(26)12-20(24)27/h3-12,19,30H,13-15H2,1-2H3. The highest BCUT2D eigenvalue weighted by molar-refractivity contribution is 6.35. The Hall–Kier alpha value is -2.73. The molecule has 0 aliphatic heterocycles.